The molecule has 0 unspecified atom stereocenters. The lowest BCUT2D eigenvalue weighted by Gasteiger charge is -2.14. The van der Waals surface area contributed by atoms with Gasteiger partial charge in [-0.3, -0.25) is 4.79 Å². The highest BCUT2D eigenvalue weighted by molar-refractivity contribution is 7.98. The van der Waals surface area contributed by atoms with Crippen LogP contribution >= 0.6 is 12.0 Å². The van der Waals surface area contributed by atoms with Gasteiger partial charge in [0.15, 0.2) is 11.5 Å². The fourth-order valence-electron chi connectivity index (χ4n) is 2.09. The highest BCUT2D eigenvalue weighted by atomic mass is 32.2. The molecule has 4 N–H and O–H groups in total. The molecule has 140 valence electrons. The van der Waals surface area contributed by atoms with Crippen LogP contribution in [0.3, 0.4) is 0 Å². The summed E-state index contributed by atoms with van der Waals surface area (Å²) in [5.41, 5.74) is -1.62. The predicted molar refractivity (Wildman–Crippen MR) is 90.1 cm³/mol. The van der Waals surface area contributed by atoms with Gasteiger partial charge in [-0.05, 0) is 24.1 Å². The minimum atomic E-state index is -4.74. The highest BCUT2D eigenvalue weighted by Gasteiger charge is 2.32. The molecule has 25 heavy (non-hydrogen) atoms. The van der Waals surface area contributed by atoms with Crippen molar-refractivity contribution in [1.82, 2.24) is 5.32 Å². The first-order chi connectivity index (χ1) is 11.6. The zero-order chi connectivity index (χ0) is 19.2. The summed E-state index contributed by atoms with van der Waals surface area (Å²) >= 11 is 0.0427. The molecular weight excluding hydrogens is 359 g/mol. The van der Waals surface area contributed by atoms with E-state index >= 15 is 0 Å². The smallest absolute Gasteiger partial charge is 0.416 e. The number of carbonyl (C=O) groups excluding carboxylic acids is 1. The molecule has 0 aliphatic rings. The quantitative estimate of drug-likeness (QED) is 0.324. The Morgan fingerprint density at radius 1 is 1.28 bits per heavy atom. The molecule has 9 heteroatoms. The van der Waals surface area contributed by atoms with Gasteiger partial charge in [0.05, 0.1) is 5.56 Å². The fraction of sp³-hybridized carbons (Fsp3) is 0.438. The summed E-state index contributed by atoms with van der Waals surface area (Å²) in [6.07, 6.45) is -2.18. The first kappa shape index (κ1) is 21.2. The summed E-state index contributed by atoms with van der Waals surface area (Å²) in [5, 5.41) is 21.8. The molecule has 0 fully saturated rings. The third-order valence-electron chi connectivity index (χ3n) is 3.76. The highest BCUT2D eigenvalue weighted by Crippen LogP contribution is 2.39. The summed E-state index contributed by atoms with van der Waals surface area (Å²) in [4.78, 5) is 11.8. The molecule has 0 radical (unpaired) electrons. The Morgan fingerprint density at radius 3 is 2.36 bits per heavy atom. The Bertz CT molecular complexity index is 643. The van der Waals surface area contributed by atoms with Crippen molar-refractivity contribution in [3.05, 3.63) is 28.2 Å². The Kier molecular flexibility index (Phi) is 7.62. The van der Waals surface area contributed by atoms with E-state index < -0.39 is 34.7 Å². The minimum Gasteiger partial charge on any atom is -0.504 e. The van der Waals surface area contributed by atoms with Gasteiger partial charge < -0.3 is 20.1 Å². The maximum Gasteiger partial charge on any atom is 0.416 e. The molecule has 0 aromatic heterocycles. The van der Waals surface area contributed by atoms with Crippen molar-refractivity contribution in [2.75, 3.05) is 6.54 Å². The van der Waals surface area contributed by atoms with E-state index in [0.29, 0.717) is 18.7 Å². The summed E-state index contributed by atoms with van der Waals surface area (Å²) < 4.78 is 47.6. The fourth-order valence-corrected chi connectivity index (χ4v) is 2.43. The maximum absolute atomic E-state index is 12.8. The lowest BCUT2D eigenvalue weighted by Crippen LogP contribution is -2.29. The molecule has 1 amide bonds. The SMILES string of the molecule is CCC(CC)CNC(=O)/C(=C/c1cc(C(F)(F)F)cc(O)c1O)SO. The van der Waals surface area contributed by atoms with E-state index in [1.807, 2.05) is 13.8 Å². The maximum atomic E-state index is 12.8. The lowest BCUT2D eigenvalue weighted by molar-refractivity contribution is -0.137. The number of phenolic OH excluding ortho intramolecular Hbond substituents is 2. The predicted octanol–water partition coefficient (Wildman–Crippen LogP) is 4.22. The van der Waals surface area contributed by atoms with Crippen molar-refractivity contribution in [3.63, 3.8) is 0 Å². The van der Waals surface area contributed by atoms with Gasteiger partial charge in [-0.2, -0.15) is 13.2 Å². The molecule has 1 rings (SSSR count). The molecule has 1 aromatic carbocycles. The number of rotatable bonds is 7. The summed E-state index contributed by atoms with van der Waals surface area (Å²) in [7, 11) is 0. The molecule has 0 saturated heterocycles. The Labute approximate surface area is 147 Å². The van der Waals surface area contributed by atoms with Crippen LogP contribution in [0.25, 0.3) is 6.08 Å². The standard InChI is InChI=1S/C16H20F3NO4S/c1-3-9(4-2)8-20-15(23)13(25-24)6-10-5-11(16(17,18)19)7-12(21)14(10)22/h5-7,9,21-22,24H,3-4,8H2,1-2H3,(H,20,23)/b13-6-. The van der Waals surface area contributed by atoms with Crippen LogP contribution in [0.15, 0.2) is 17.0 Å². The van der Waals surface area contributed by atoms with Crippen molar-refractivity contribution in [3.8, 4) is 11.5 Å². The average Bonchev–Trinajstić information content (AvgIpc) is 2.55. The van der Waals surface area contributed by atoms with E-state index in [0.717, 1.165) is 18.9 Å². The molecule has 0 atom stereocenters. The zero-order valence-corrected chi connectivity index (χ0v) is 14.5. The van der Waals surface area contributed by atoms with E-state index in [9.17, 15) is 32.7 Å². The number of carbonyl (C=O) groups is 1. The number of aromatic hydroxyl groups is 2. The van der Waals surface area contributed by atoms with Gasteiger partial charge in [0.1, 0.15) is 4.91 Å². The Morgan fingerprint density at radius 2 is 1.88 bits per heavy atom. The van der Waals surface area contributed by atoms with E-state index in [1.165, 1.54) is 0 Å². The van der Waals surface area contributed by atoms with Gasteiger partial charge in [0.2, 0.25) is 0 Å². The molecule has 0 aliphatic carbocycles. The van der Waals surface area contributed by atoms with Crippen molar-refractivity contribution in [2.24, 2.45) is 5.92 Å². The van der Waals surface area contributed by atoms with Gasteiger partial charge in [0, 0.05) is 24.2 Å². The number of phenols is 2. The number of halogens is 3. The number of amides is 1. The van der Waals surface area contributed by atoms with Gasteiger partial charge in [-0.25, -0.2) is 0 Å². The van der Waals surface area contributed by atoms with Crippen molar-refractivity contribution >= 4 is 24.0 Å². The molecule has 5 nitrogen and oxygen atoms in total. The van der Waals surface area contributed by atoms with Crippen molar-refractivity contribution < 1.29 is 32.7 Å². The molecular formula is C16H20F3NO4S. The number of hydrogen-bond acceptors (Lipinski definition) is 5. The Hall–Kier alpha value is -1.87. The first-order valence-electron chi connectivity index (χ1n) is 7.58. The van der Waals surface area contributed by atoms with Crippen molar-refractivity contribution in [2.45, 2.75) is 32.9 Å². The Balaban J connectivity index is 3.12. The molecule has 0 saturated carbocycles. The number of hydrogen-bond donors (Lipinski definition) is 4. The van der Waals surface area contributed by atoms with Crippen LogP contribution in [0.5, 0.6) is 11.5 Å². The molecule has 0 aliphatic heterocycles. The van der Waals surface area contributed by atoms with Gasteiger partial charge in [-0.1, -0.05) is 26.7 Å². The van der Waals surface area contributed by atoms with Crippen LogP contribution in [-0.4, -0.2) is 27.2 Å². The number of alkyl halides is 3. The van der Waals surface area contributed by atoms with Gasteiger partial charge in [-0.15, -0.1) is 0 Å². The topological polar surface area (TPSA) is 89.8 Å². The van der Waals surface area contributed by atoms with E-state index in [4.69, 9.17) is 0 Å². The van der Waals surface area contributed by atoms with E-state index in [2.05, 4.69) is 5.32 Å². The third-order valence-corrected chi connectivity index (χ3v) is 4.26. The number of benzene rings is 1. The molecule has 1 aromatic rings. The second-order valence-electron chi connectivity index (χ2n) is 5.42. The molecule has 0 spiro atoms. The zero-order valence-electron chi connectivity index (χ0n) is 13.7. The minimum absolute atomic E-state index is 0.0427. The third kappa shape index (κ3) is 5.86. The normalized spacial score (nSPS) is 12.5. The second kappa shape index (κ2) is 9.00. The van der Waals surface area contributed by atoms with Crippen LogP contribution in [-0.2, 0) is 11.0 Å². The van der Waals surface area contributed by atoms with Gasteiger partial charge in [0.25, 0.3) is 5.91 Å². The van der Waals surface area contributed by atoms with Crippen molar-refractivity contribution in [1.29, 1.82) is 0 Å². The summed E-state index contributed by atoms with van der Waals surface area (Å²) in [6, 6.07) is 0.963. The largest absolute Gasteiger partial charge is 0.504 e. The lowest BCUT2D eigenvalue weighted by atomic mass is 10.0. The number of nitrogens with one attached hydrogen (secondary N) is 1. The van der Waals surface area contributed by atoms with E-state index in [1.54, 1.807) is 0 Å². The van der Waals surface area contributed by atoms with E-state index in [-0.39, 0.29) is 22.9 Å². The van der Waals surface area contributed by atoms with Gasteiger partial charge >= 0.3 is 6.18 Å². The van der Waals surface area contributed by atoms with Crippen LogP contribution in [0.4, 0.5) is 13.2 Å². The molecule has 0 heterocycles. The van der Waals surface area contributed by atoms with Crippen LogP contribution < -0.4 is 5.32 Å². The van der Waals surface area contributed by atoms with Crippen LogP contribution in [0.1, 0.15) is 37.8 Å². The second-order valence-corrected chi connectivity index (χ2v) is 6.05. The first-order valence-corrected chi connectivity index (χ1v) is 8.35. The van der Waals surface area contributed by atoms with Crippen LogP contribution in [0.2, 0.25) is 0 Å². The average molecular weight is 379 g/mol. The summed E-state index contributed by atoms with van der Waals surface area (Å²) in [6.45, 7) is 4.27. The monoisotopic (exact) mass is 379 g/mol. The summed E-state index contributed by atoms with van der Waals surface area (Å²) in [5.74, 6) is -2.23. The van der Waals surface area contributed by atoms with Crippen LogP contribution in [0, 0.1) is 5.92 Å². The molecule has 0 bridgehead atoms.